The highest BCUT2D eigenvalue weighted by molar-refractivity contribution is 5.87. The molecule has 10 heavy (non-hydrogen) atoms. The van der Waals surface area contributed by atoms with Gasteiger partial charge in [0.1, 0.15) is 0 Å². The summed E-state index contributed by atoms with van der Waals surface area (Å²) in [6, 6.07) is 0.123. The summed E-state index contributed by atoms with van der Waals surface area (Å²) in [5.74, 6) is -0.0683. The van der Waals surface area contributed by atoms with Crippen LogP contribution in [0.5, 0.6) is 0 Å². The third-order valence-corrected chi connectivity index (χ3v) is 1.26. The van der Waals surface area contributed by atoms with Crippen LogP contribution in [0.1, 0.15) is 13.8 Å². The highest BCUT2D eigenvalue weighted by Crippen LogP contribution is 2.04. The molecule has 1 amide bonds. The Bertz CT molecular complexity index is 163. The number of hydrogen-bond donors (Lipinski definition) is 0. The third-order valence-electron chi connectivity index (χ3n) is 1.26. The average molecular weight is 141 g/mol. The molecule has 0 saturated carbocycles. The monoisotopic (exact) mass is 141 g/mol. The molecular weight excluding hydrogens is 130 g/mol. The van der Waals surface area contributed by atoms with Gasteiger partial charge in [-0.3, -0.25) is 9.63 Å². The molecule has 0 atom stereocenters. The van der Waals surface area contributed by atoms with E-state index in [1.807, 2.05) is 13.8 Å². The van der Waals surface area contributed by atoms with Crippen LogP contribution in [0.4, 0.5) is 0 Å². The zero-order valence-corrected chi connectivity index (χ0v) is 6.20. The SMILES string of the molecule is CC(C)N1OCC=CC1=O. The molecule has 1 aliphatic heterocycles. The maximum Gasteiger partial charge on any atom is 0.270 e. The second-order valence-electron chi connectivity index (χ2n) is 2.46. The van der Waals surface area contributed by atoms with Gasteiger partial charge in [0.05, 0.1) is 12.6 Å². The van der Waals surface area contributed by atoms with Crippen molar-refractivity contribution < 1.29 is 9.63 Å². The normalized spacial score (nSPS) is 18.7. The van der Waals surface area contributed by atoms with Crippen LogP contribution in [0.3, 0.4) is 0 Å². The molecule has 56 valence electrons. The maximum absolute atomic E-state index is 10.9. The van der Waals surface area contributed by atoms with Crippen molar-refractivity contribution in [2.75, 3.05) is 6.61 Å². The zero-order chi connectivity index (χ0) is 7.56. The predicted molar refractivity (Wildman–Crippen MR) is 37.1 cm³/mol. The fourth-order valence-corrected chi connectivity index (χ4v) is 0.813. The van der Waals surface area contributed by atoms with Crippen molar-refractivity contribution in [3.8, 4) is 0 Å². The number of carbonyl (C=O) groups is 1. The summed E-state index contributed by atoms with van der Waals surface area (Å²) in [6.07, 6.45) is 3.24. The van der Waals surface area contributed by atoms with Gasteiger partial charge in [0.15, 0.2) is 0 Å². The van der Waals surface area contributed by atoms with E-state index in [9.17, 15) is 4.79 Å². The zero-order valence-electron chi connectivity index (χ0n) is 6.20. The average Bonchev–Trinajstić information content (AvgIpc) is 1.88. The third kappa shape index (κ3) is 1.36. The lowest BCUT2D eigenvalue weighted by Gasteiger charge is -2.25. The lowest BCUT2D eigenvalue weighted by Crippen LogP contribution is -2.37. The van der Waals surface area contributed by atoms with Crippen molar-refractivity contribution in [1.29, 1.82) is 0 Å². The van der Waals surface area contributed by atoms with Crippen LogP contribution in [0, 0.1) is 0 Å². The van der Waals surface area contributed by atoms with E-state index in [2.05, 4.69) is 0 Å². The number of carbonyl (C=O) groups excluding carboxylic acids is 1. The Balaban J connectivity index is 2.61. The molecule has 0 saturated heterocycles. The molecule has 0 aromatic rings. The van der Waals surface area contributed by atoms with Crippen LogP contribution in [0.2, 0.25) is 0 Å². The number of hydroxylamine groups is 2. The Morgan fingerprint density at radius 1 is 1.70 bits per heavy atom. The number of nitrogens with zero attached hydrogens (tertiary/aromatic N) is 1. The Morgan fingerprint density at radius 2 is 2.40 bits per heavy atom. The molecule has 0 unspecified atom stereocenters. The van der Waals surface area contributed by atoms with Crippen LogP contribution in [-0.4, -0.2) is 23.6 Å². The van der Waals surface area contributed by atoms with Crippen LogP contribution in [0.15, 0.2) is 12.2 Å². The van der Waals surface area contributed by atoms with Crippen molar-refractivity contribution in [1.82, 2.24) is 5.06 Å². The maximum atomic E-state index is 10.9. The first-order chi connectivity index (χ1) is 4.72. The number of rotatable bonds is 1. The van der Waals surface area contributed by atoms with Gasteiger partial charge in [-0.1, -0.05) is 6.08 Å². The summed E-state index contributed by atoms with van der Waals surface area (Å²) in [6.45, 7) is 4.33. The fourth-order valence-electron chi connectivity index (χ4n) is 0.813. The first-order valence-electron chi connectivity index (χ1n) is 3.34. The standard InChI is InChI=1S/C7H11NO2/c1-6(2)8-7(9)4-3-5-10-8/h3-4,6H,5H2,1-2H3. The summed E-state index contributed by atoms with van der Waals surface area (Å²) >= 11 is 0. The van der Waals surface area contributed by atoms with E-state index in [0.717, 1.165) is 0 Å². The second kappa shape index (κ2) is 2.84. The van der Waals surface area contributed by atoms with E-state index in [0.29, 0.717) is 6.61 Å². The minimum Gasteiger partial charge on any atom is -0.267 e. The van der Waals surface area contributed by atoms with Gasteiger partial charge in [-0.05, 0) is 13.8 Å². The van der Waals surface area contributed by atoms with Crippen molar-refractivity contribution in [3.05, 3.63) is 12.2 Å². The smallest absolute Gasteiger partial charge is 0.267 e. The van der Waals surface area contributed by atoms with Crippen molar-refractivity contribution in [2.24, 2.45) is 0 Å². The summed E-state index contributed by atoms with van der Waals surface area (Å²) in [5, 5.41) is 1.38. The van der Waals surface area contributed by atoms with Crippen LogP contribution in [0.25, 0.3) is 0 Å². The van der Waals surface area contributed by atoms with Gasteiger partial charge in [0, 0.05) is 6.08 Å². The summed E-state index contributed by atoms with van der Waals surface area (Å²) < 4.78 is 0. The lowest BCUT2D eigenvalue weighted by molar-refractivity contribution is -0.189. The molecule has 3 nitrogen and oxygen atoms in total. The summed E-state index contributed by atoms with van der Waals surface area (Å²) in [7, 11) is 0. The van der Waals surface area contributed by atoms with Crippen molar-refractivity contribution >= 4 is 5.91 Å². The van der Waals surface area contributed by atoms with Gasteiger partial charge in [-0.2, -0.15) is 0 Å². The Morgan fingerprint density at radius 3 is 2.80 bits per heavy atom. The molecule has 1 heterocycles. The van der Waals surface area contributed by atoms with Crippen molar-refractivity contribution in [2.45, 2.75) is 19.9 Å². The Labute approximate surface area is 60.2 Å². The van der Waals surface area contributed by atoms with Gasteiger partial charge in [-0.15, -0.1) is 0 Å². The predicted octanol–water partition coefficient (Wildman–Crippen LogP) is 0.725. The summed E-state index contributed by atoms with van der Waals surface area (Å²) in [4.78, 5) is 16.0. The highest BCUT2D eigenvalue weighted by atomic mass is 16.7. The van der Waals surface area contributed by atoms with E-state index < -0.39 is 0 Å². The van der Waals surface area contributed by atoms with E-state index in [4.69, 9.17) is 4.84 Å². The van der Waals surface area contributed by atoms with E-state index in [1.165, 1.54) is 11.1 Å². The largest absolute Gasteiger partial charge is 0.270 e. The molecule has 0 aromatic carbocycles. The fraction of sp³-hybridized carbons (Fsp3) is 0.571. The van der Waals surface area contributed by atoms with Gasteiger partial charge >= 0.3 is 0 Å². The molecule has 0 bridgehead atoms. The summed E-state index contributed by atoms with van der Waals surface area (Å²) in [5.41, 5.74) is 0. The second-order valence-corrected chi connectivity index (χ2v) is 2.46. The molecule has 0 aliphatic carbocycles. The topological polar surface area (TPSA) is 29.5 Å². The molecule has 0 radical (unpaired) electrons. The quantitative estimate of drug-likeness (QED) is 0.538. The van der Waals surface area contributed by atoms with Gasteiger partial charge in [0.2, 0.25) is 0 Å². The molecule has 0 N–H and O–H groups in total. The molecule has 1 aliphatic rings. The highest BCUT2D eigenvalue weighted by Gasteiger charge is 2.17. The minimum absolute atomic E-state index is 0.0683. The molecule has 3 heteroatoms. The van der Waals surface area contributed by atoms with Gasteiger partial charge in [0.25, 0.3) is 5.91 Å². The molecule has 0 fully saturated rings. The van der Waals surface area contributed by atoms with E-state index >= 15 is 0 Å². The van der Waals surface area contributed by atoms with Crippen molar-refractivity contribution in [3.63, 3.8) is 0 Å². The van der Waals surface area contributed by atoms with E-state index in [-0.39, 0.29) is 11.9 Å². The van der Waals surface area contributed by atoms with Crippen LogP contribution in [-0.2, 0) is 9.63 Å². The molecule has 0 spiro atoms. The van der Waals surface area contributed by atoms with Gasteiger partial charge < -0.3 is 0 Å². The number of amides is 1. The Hall–Kier alpha value is -0.830. The molecule has 1 rings (SSSR count). The van der Waals surface area contributed by atoms with Crippen LogP contribution >= 0.6 is 0 Å². The molecule has 0 aromatic heterocycles. The first-order valence-corrected chi connectivity index (χ1v) is 3.34. The number of hydrogen-bond acceptors (Lipinski definition) is 2. The van der Waals surface area contributed by atoms with Crippen LogP contribution < -0.4 is 0 Å². The van der Waals surface area contributed by atoms with E-state index in [1.54, 1.807) is 6.08 Å². The molecular formula is C7H11NO2. The Kier molecular flexibility index (Phi) is 2.06. The first kappa shape index (κ1) is 7.28. The minimum atomic E-state index is -0.0683. The lowest BCUT2D eigenvalue weighted by atomic mass is 10.3. The van der Waals surface area contributed by atoms with Gasteiger partial charge in [-0.25, -0.2) is 5.06 Å².